The van der Waals surface area contributed by atoms with E-state index in [4.69, 9.17) is 20.0 Å². The van der Waals surface area contributed by atoms with Gasteiger partial charge in [0.1, 0.15) is 0 Å². The predicted octanol–water partition coefficient (Wildman–Crippen LogP) is 10.6. The number of hydrogen-bond donors (Lipinski definition) is 0. The summed E-state index contributed by atoms with van der Waals surface area (Å²) in [5.41, 5.74) is 16.2. The first-order chi connectivity index (χ1) is 24.7. The van der Waals surface area contributed by atoms with Crippen LogP contribution in [-0.4, -0.2) is 22.8 Å². The van der Waals surface area contributed by atoms with Crippen LogP contribution in [-0.2, 0) is 5.33 Å². The van der Waals surface area contributed by atoms with E-state index in [9.17, 15) is 0 Å². The predicted molar refractivity (Wildman–Crippen MR) is 212 cm³/mol. The van der Waals surface area contributed by atoms with Crippen molar-refractivity contribution in [1.29, 1.82) is 0 Å². The molecule has 8 bridgehead atoms. The van der Waals surface area contributed by atoms with Gasteiger partial charge in [0.2, 0.25) is 0 Å². The third kappa shape index (κ3) is 5.42. The van der Waals surface area contributed by atoms with Gasteiger partial charge < -0.3 is 0 Å². The summed E-state index contributed by atoms with van der Waals surface area (Å²) in [6.45, 7) is 0. The van der Waals surface area contributed by atoms with Gasteiger partial charge >= 0.3 is 0 Å². The van der Waals surface area contributed by atoms with E-state index in [1.807, 2.05) is 18.2 Å². The Hall–Kier alpha value is -6.04. The van der Waals surface area contributed by atoms with Gasteiger partial charge in [-0.25, -0.2) is 20.0 Å². The standard InChI is InChI=1S/C45H29BrN4/c46-28-29-16-18-33(19-17-29)45-40-26-24-38(49-40)43(31-12-6-2-7-13-31)36-22-20-34(47-36)42(30-10-4-1-5-11-30)35-21-23-37(48-35)44(32-14-8-3-9-15-32)39-25-27-41(45)50-39/h1-27H,28H2. The lowest BCUT2D eigenvalue weighted by molar-refractivity contribution is 1.39. The van der Waals surface area contributed by atoms with Crippen molar-refractivity contribution in [1.82, 2.24) is 0 Å². The number of alkyl halides is 1. The molecule has 50 heavy (non-hydrogen) atoms. The van der Waals surface area contributed by atoms with Gasteiger partial charge in [-0.3, -0.25) is 0 Å². The second-order valence-corrected chi connectivity index (χ2v) is 12.9. The van der Waals surface area contributed by atoms with Crippen molar-refractivity contribution in [3.63, 3.8) is 0 Å². The first kappa shape index (κ1) is 30.1. The van der Waals surface area contributed by atoms with Gasteiger partial charge in [0.05, 0.1) is 45.6 Å². The van der Waals surface area contributed by atoms with Crippen LogP contribution in [0.4, 0.5) is 0 Å². The van der Waals surface area contributed by atoms with Crippen molar-refractivity contribution in [2.75, 3.05) is 0 Å². The lowest BCUT2D eigenvalue weighted by Gasteiger charge is -2.12. The molecule has 0 saturated carbocycles. The normalized spacial score (nSPS) is 17.6. The Balaban J connectivity index is 1.36. The van der Waals surface area contributed by atoms with E-state index in [0.29, 0.717) is 0 Å². The molecule has 236 valence electrons. The van der Waals surface area contributed by atoms with E-state index in [1.54, 1.807) is 0 Å². The zero-order chi connectivity index (χ0) is 33.4. The van der Waals surface area contributed by atoms with Gasteiger partial charge in [-0.2, -0.15) is 0 Å². The summed E-state index contributed by atoms with van der Waals surface area (Å²) < 4.78 is 0. The van der Waals surface area contributed by atoms with Gasteiger partial charge in [-0.05, 0) is 76.4 Å². The molecule has 0 N–H and O–H groups in total. The van der Waals surface area contributed by atoms with Crippen LogP contribution in [0.5, 0.6) is 0 Å². The topological polar surface area (TPSA) is 49.4 Å². The Labute approximate surface area is 299 Å². The first-order valence-electron chi connectivity index (χ1n) is 16.6. The smallest absolute Gasteiger partial charge is 0.0738 e. The molecule has 0 aliphatic carbocycles. The first-order valence-corrected chi connectivity index (χ1v) is 17.7. The average Bonchev–Trinajstić information content (AvgIpc) is 4.01. The van der Waals surface area contributed by atoms with Crippen molar-refractivity contribution < 1.29 is 0 Å². The summed E-state index contributed by atoms with van der Waals surface area (Å²) in [7, 11) is 0. The monoisotopic (exact) mass is 704 g/mol. The molecule has 0 atom stereocenters. The Bertz CT molecular complexity index is 2410. The number of nitrogens with zero attached hydrogens (tertiary/aromatic N) is 4. The number of benzene rings is 4. The lowest BCUT2D eigenvalue weighted by Crippen LogP contribution is -2.03. The van der Waals surface area contributed by atoms with Crippen LogP contribution in [0.2, 0.25) is 0 Å². The van der Waals surface area contributed by atoms with Crippen molar-refractivity contribution in [3.05, 3.63) is 214 Å². The molecular weight excluding hydrogens is 676 g/mol. The van der Waals surface area contributed by atoms with Gasteiger partial charge in [-0.1, -0.05) is 131 Å². The number of halogens is 1. The summed E-state index contributed by atoms with van der Waals surface area (Å²) in [4.78, 5) is 21.3. The van der Waals surface area contributed by atoms with Crippen molar-refractivity contribution in [2.24, 2.45) is 20.0 Å². The minimum Gasteiger partial charge on any atom is -0.248 e. The lowest BCUT2D eigenvalue weighted by atomic mass is 9.98. The van der Waals surface area contributed by atoms with E-state index in [0.717, 1.165) is 95.5 Å². The number of allylic oxidation sites excluding steroid dienone is 12. The largest absolute Gasteiger partial charge is 0.248 e. The molecule has 9 rings (SSSR count). The van der Waals surface area contributed by atoms with Crippen LogP contribution in [0, 0.1) is 0 Å². The molecule has 0 unspecified atom stereocenters. The van der Waals surface area contributed by atoms with Crippen LogP contribution < -0.4 is 0 Å². The molecule has 5 heterocycles. The maximum absolute atomic E-state index is 5.34. The molecule has 5 aliphatic heterocycles. The van der Waals surface area contributed by atoms with Gasteiger partial charge in [0.15, 0.2) is 0 Å². The van der Waals surface area contributed by atoms with Crippen LogP contribution in [0.1, 0.15) is 27.8 Å². The maximum atomic E-state index is 5.34. The number of fused-ring (bicyclic) bond motifs is 4. The second-order valence-electron chi connectivity index (χ2n) is 12.3. The van der Waals surface area contributed by atoms with Crippen LogP contribution in [0.25, 0.3) is 22.3 Å². The molecule has 0 amide bonds. The van der Waals surface area contributed by atoms with Crippen LogP contribution in [0.15, 0.2) is 207 Å². The Morgan fingerprint density at radius 1 is 0.320 bits per heavy atom. The molecule has 4 aromatic rings. The second kappa shape index (κ2) is 12.8. The zero-order valence-electron chi connectivity index (χ0n) is 27.0. The van der Waals surface area contributed by atoms with Gasteiger partial charge in [0.25, 0.3) is 0 Å². The maximum Gasteiger partial charge on any atom is 0.0738 e. The summed E-state index contributed by atoms with van der Waals surface area (Å²) in [6, 6.07) is 39.8. The van der Waals surface area contributed by atoms with E-state index in [2.05, 4.69) is 162 Å². The fraction of sp³-hybridized carbons (Fsp3) is 0.0222. The quantitative estimate of drug-likeness (QED) is 0.186. The number of aliphatic imine (C=N–C) groups is 4. The van der Waals surface area contributed by atoms with Crippen molar-refractivity contribution >= 4 is 61.1 Å². The molecule has 0 spiro atoms. The molecule has 0 fully saturated rings. The average molecular weight is 706 g/mol. The third-order valence-corrected chi connectivity index (χ3v) is 9.84. The molecule has 0 radical (unpaired) electrons. The van der Waals surface area contributed by atoms with Crippen LogP contribution >= 0.6 is 15.9 Å². The van der Waals surface area contributed by atoms with Crippen LogP contribution in [0.3, 0.4) is 0 Å². The highest BCUT2D eigenvalue weighted by molar-refractivity contribution is 9.08. The molecule has 4 nitrogen and oxygen atoms in total. The fourth-order valence-electron chi connectivity index (χ4n) is 6.85. The Morgan fingerprint density at radius 3 is 0.880 bits per heavy atom. The molecule has 4 aromatic carbocycles. The molecule has 5 aliphatic rings. The molecule has 0 saturated heterocycles. The molecule has 0 aromatic heterocycles. The summed E-state index contributed by atoms with van der Waals surface area (Å²) in [5, 5.41) is 0.789. The minimum atomic E-state index is 0.789. The summed E-state index contributed by atoms with van der Waals surface area (Å²) in [5.74, 6) is 0. The fourth-order valence-corrected chi connectivity index (χ4v) is 7.22. The highest BCUT2D eigenvalue weighted by atomic mass is 79.9. The van der Waals surface area contributed by atoms with Crippen molar-refractivity contribution in [3.8, 4) is 0 Å². The van der Waals surface area contributed by atoms with E-state index in [1.165, 1.54) is 5.56 Å². The third-order valence-electron chi connectivity index (χ3n) is 9.19. The zero-order valence-corrected chi connectivity index (χ0v) is 28.5. The van der Waals surface area contributed by atoms with Crippen molar-refractivity contribution in [2.45, 2.75) is 5.33 Å². The Morgan fingerprint density at radius 2 is 0.600 bits per heavy atom. The van der Waals surface area contributed by atoms with E-state index >= 15 is 0 Å². The van der Waals surface area contributed by atoms with Gasteiger partial charge in [0, 0.05) is 27.6 Å². The highest BCUT2D eigenvalue weighted by Crippen LogP contribution is 2.38. The highest BCUT2D eigenvalue weighted by Gasteiger charge is 2.27. The Kier molecular flexibility index (Phi) is 7.68. The number of rotatable bonds is 5. The SMILES string of the molecule is BrCc1ccc(C2=C3C=CC(=N3)C(c3ccccc3)=C3C=CC(=N3)C(c3ccccc3)=C3C=CC(=N3)C(c3ccccc3)=C3C=CC2=N3)cc1. The summed E-state index contributed by atoms with van der Waals surface area (Å²) >= 11 is 3.60. The molecular formula is C45H29BrN4. The summed E-state index contributed by atoms with van der Waals surface area (Å²) in [6.07, 6.45) is 16.8. The number of hydrogen-bond acceptors (Lipinski definition) is 4. The molecule has 5 heteroatoms. The van der Waals surface area contributed by atoms with E-state index in [-0.39, 0.29) is 0 Å². The van der Waals surface area contributed by atoms with Gasteiger partial charge in [-0.15, -0.1) is 0 Å². The minimum absolute atomic E-state index is 0.789. The van der Waals surface area contributed by atoms with E-state index < -0.39 is 0 Å².